The Morgan fingerprint density at radius 2 is 1.57 bits per heavy atom. The predicted molar refractivity (Wildman–Crippen MR) is 114 cm³/mol. The van der Waals surface area contributed by atoms with Gasteiger partial charge in [0.15, 0.2) is 0 Å². The van der Waals surface area contributed by atoms with Crippen LogP contribution in [0.15, 0.2) is 42.6 Å². The van der Waals surface area contributed by atoms with E-state index in [1.54, 1.807) is 6.20 Å². The Balaban J connectivity index is 1.35. The first-order valence-electron chi connectivity index (χ1n) is 10.2. The third-order valence-corrected chi connectivity index (χ3v) is 5.68. The van der Waals surface area contributed by atoms with Crippen LogP contribution in [0.25, 0.3) is 0 Å². The SMILES string of the molecule is CN1CCN(c2ccc(C(=O)Nc3ccc(N4CCCCC4)cc3)cn2)CC1. The van der Waals surface area contributed by atoms with Gasteiger partial charge >= 0.3 is 0 Å². The number of hydrogen-bond acceptors (Lipinski definition) is 5. The first kappa shape index (κ1) is 18.7. The molecule has 0 bridgehead atoms. The predicted octanol–water partition coefficient (Wildman–Crippen LogP) is 3.08. The minimum absolute atomic E-state index is 0.122. The zero-order valence-corrected chi connectivity index (χ0v) is 16.6. The van der Waals surface area contributed by atoms with Crippen molar-refractivity contribution in [1.82, 2.24) is 9.88 Å². The Kier molecular flexibility index (Phi) is 5.76. The van der Waals surface area contributed by atoms with E-state index in [0.29, 0.717) is 5.56 Å². The molecule has 0 unspecified atom stereocenters. The first-order chi connectivity index (χ1) is 13.7. The van der Waals surface area contributed by atoms with Crippen LogP contribution in [0.2, 0.25) is 0 Å². The molecule has 0 spiro atoms. The Morgan fingerprint density at radius 3 is 2.21 bits per heavy atom. The number of carbonyl (C=O) groups is 1. The van der Waals surface area contributed by atoms with Gasteiger partial charge in [-0.2, -0.15) is 0 Å². The molecule has 3 heterocycles. The van der Waals surface area contributed by atoms with Crippen LogP contribution in [0.3, 0.4) is 0 Å². The van der Waals surface area contributed by atoms with Gasteiger partial charge in [0.05, 0.1) is 5.56 Å². The van der Waals surface area contributed by atoms with E-state index in [0.717, 1.165) is 50.8 Å². The fourth-order valence-electron chi connectivity index (χ4n) is 3.85. The zero-order chi connectivity index (χ0) is 19.3. The molecular weight excluding hydrogens is 350 g/mol. The molecule has 1 aromatic carbocycles. The smallest absolute Gasteiger partial charge is 0.257 e. The van der Waals surface area contributed by atoms with Crippen molar-refractivity contribution in [2.75, 3.05) is 61.4 Å². The first-order valence-corrected chi connectivity index (χ1v) is 10.2. The molecule has 0 saturated carbocycles. The Bertz CT molecular complexity index is 776. The maximum absolute atomic E-state index is 12.5. The van der Waals surface area contributed by atoms with Crippen molar-refractivity contribution in [2.24, 2.45) is 0 Å². The summed E-state index contributed by atoms with van der Waals surface area (Å²) in [5.74, 6) is 0.818. The number of anilines is 3. The van der Waals surface area contributed by atoms with E-state index in [1.807, 2.05) is 24.3 Å². The van der Waals surface area contributed by atoms with Gasteiger partial charge in [-0.3, -0.25) is 4.79 Å². The maximum Gasteiger partial charge on any atom is 0.257 e. The van der Waals surface area contributed by atoms with E-state index in [2.05, 4.69) is 44.2 Å². The molecule has 2 aromatic rings. The van der Waals surface area contributed by atoms with Gasteiger partial charge < -0.3 is 20.0 Å². The number of nitrogens with one attached hydrogen (secondary N) is 1. The highest BCUT2D eigenvalue weighted by molar-refractivity contribution is 6.04. The minimum Gasteiger partial charge on any atom is -0.372 e. The number of likely N-dealkylation sites (N-methyl/N-ethyl adjacent to an activating group) is 1. The zero-order valence-electron chi connectivity index (χ0n) is 16.6. The van der Waals surface area contributed by atoms with Crippen LogP contribution >= 0.6 is 0 Å². The summed E-state index contributed by atoms with van der Waals surface area (Å²) in [4.78, 5) is 24.0. The lowest BCUT2D eigenvalue weighted by atomic mass is 10.1. The van der Waals surface area contributed by atoms with Crippen LogP contribution in [0.5, 0.6) is 0 Å². The standard InChI is InChI=1S/C22H29N5O/c1-25-13-15-27(16-14-25)21-10-5-18(17-23-21)22(28)24-19-6-8-20(9-7-19)26-11-3-2-4-12-26/h5-10,17H,2-4,11-16H2,1H3,(H,24,28). The highest BCUT2D eigenvalue weighted by Gasteiger charge is 2.16. The van der Waals surface area contributed by atoms with Crippen LogP contribution in [-0.2, 0) is 0 Å². The molecule has 1 aromatic heterocycles. The second-order valence-electron chi connectivity index (χ2n) is 7.74. The maximum atomic E-state index is 12.5. The van der Waals surface area contributed by atoms with E-state index in [9.17, 15) is 4.79 Å². The third-order valence-electron chi connectivity index (χ3n) is 5.68. The van der Waals surface area contributed by atoms with Gasteiger partial charge in [-0.05, 0) is 62.7 Å². The van der Waals surface area contributed by atoms with E-state index in [-0.39, 0.29) is 5.91 Å². The molecular formula is C22H29N5O. The number of pyridine rings is 1. The average molecular weight is 380 g/mol. The summed E-state index contributed by atoms with van der Waals surface area (Å²) in [6.45, 7) is 6.26. The van der Waals surface area contributed by atoms with Gasteiger partial charge in [0.1, 0.15) is 5.82 Å². The number of piperazine rings is 1. The lowest BCUT2D eigenvalue weighted by Crippen LogP contribution is -2.44. The van der Waals surface area contributed by atoms with E-state index in [1.165, 1.54) is 24.9 Å². The molecule has 1 N–H and O–H groups in total. The average Bonchev–Trinajstić information content (AvgIpc) is 2.75. The summed E-state index contributed by atoms with van der Waals surface area (Å²) in [7, 11) is 2.14. The van der Waals surface area contributed by atoms with Gasteiger partial charge in [-0.1, -0.05) is 0 Å². The van der Waals surface area contributed by atoms with Gasteiger partial charge in [0.25, 0.3) is 5.91 Å². The van der Waals surface area contributed by atoms with Crippen molar-refractivity contribution in [3.05, 3.63) is 48.2 Å². The van der Waals surface area contributed by atoms with Crippen LogP contribution in [0.4, 0.5) is 17.2 Å². The molecule has 0 atom stereocenters. The Morgan fingerprint density at radius 1 is 0.857 bits per heavy atom. The Hall–Kier alpha value is -2.60. The monoisotopic (exact) mass is 379 g/mol. The summed E-state index contributed by atoms with van der Waals surface area (Å²) in [5, 5.41) is 2.98. The van der Waals surface area contributed by atoms with Crippen molar-refractivity contribution in [1.29, 1.82) is 0 Å². The number of rotatable bonds is 4. The largest absolute Gasteiger partial charge is 0.372 e. The molecule has 6 heteroatoms. The summed E-state index contributed by atoms with van der Waals surface area (Å²) in [5.41, 5.74) is 2.63. The summed E-state index contributed by atoms with van der Waals surface area (Å²) < 4.78 is 0. The van der Waals surface area contributed by atoms with Gasteiger partial charge in [0, 0.05) is 56.8 Å². The van der Waals surface area contributed by atoms with Crippen LogP contribution in [-0.4, -0.2) is 62.1 Å². The molecule has 6 nitrogen and oxygen atoms in total. The van der Waals surface area contributed by atoms with E-state index < -0.39 is 0 Å². The molecule has 0 radical (unpaired) electrons. The van der Waals surface area contributed by atoms with Crippen molar-refractivity contribution in [2.45, 2.75) is 19.3 Å². The van der Waals surface area contributed by atoms with Gasteiger partial charge in [0.2, 0.25) is 0 Å². The molecule has 2 aliphatic heterocycles. The summed E-state index contributed by atoms with van der Waals surface area (Å²) >= 11 is 0. The number of nitrogens with zero attached hydrogens (tertiary/aromatic N) is 4. The second-order valence-corrected chi connectivity index (χ2v) is 7.74. The van der Waals surface area contributed by atoms with Crippen molar-refractivity contribution in [3.63, 3.8) is 0 Å². The molecule has 2 fully saturated rings. The fraction of sp³-hybridized carbons (Fsp3) is 0.455. The molecule has 148 valence electrons. The lowest BCUT2D eigenvalue weighted by molar-refractivity contribution is 0.102. The summed E-state index contributed by atoms with van der Waals surface area (Å²) in [6.07, 6.45) is 5.52. The Labute approximate surface area is 167 Å². The molecule has 28 heavy (non-hydrogen) atoms. The van der Waals surface area contributed by atoms with Gasteiger partial charge in [-0.15, -0.1) is 0 Å². The van der Waals surface area contributed by atoms with E-state index >= 15 is 0 Å². The number of aromatic nitrogens is 1. The van der Waals surface area contributed by atoms with E-state index in [4.69, 9.17) is 0 Å². The quantitative estimate of drug-likeness (QED) is 0.885. The number of amides is 1. The van der Waals surface area contributed by atoms with Crippen molar-refractivity contribution in [3.8, 4) is 0 Å². The third kappa shape index (κ3) is 4.44. The summed E-state index contributed by atoms with van der Waals surface area (Å²) in [6, 6.07) is 11.9. The molecule has 4 rings (SSSR count). The van der Waals surface area contributed by atoms with Crippen LogP contribution in [0, 0.1) is 0 Å². The molecule has 0 aliphatic carbocycles. The minimum atomic E-state index is -0.122. The van der Waals surface area contributed by atoms with Gasteiger partial charge in [-0.25, -0.2) is 4.98 Å². The normalized spacial score (nSPS) is 18.2. The highest BCUT2D eigenvalue weighted by Crippen LogP contribution is 2.22. The topological polar surface area (TPSA) is 51.7 Å². The van der Waals surface area contributed by atoms with Crippen LogP contribution in [0.1, 0.15) is 29.6 Å². The van der Waals surface area contributed by atoms with Crippen molar-refractivity contribution >= 4 is 23.1 Å². The fourth-order valence-corrected chi connectivity index (χ4v) is 3.85. The molecule has 1 amide bonds. The number of piperidine rings is 1. The second kappa shape index (κ2) is 8.61. The molecule has 2 aliphatic rings. The highest BCUT2D eigenvalue weighted by atomic mass is 16.1. The molecule has 2 saturated heterocycles. The van der Waals surface area contributed by atoms with Crippen LogP contribution < -0.4 is 15.1 Å². The number of benzene rings is 1. The number of hydrogen-bond donors (Lipinski definition) is 1. The lowest BCUT2D eigenvalue weighted by Gasteiger charge is -2.33. The number of carbonyl (C=O) groups excluding carboxylic acids is 1. The van der Waals surface area contributed by atoms with Crippen molar-refractivity contribution < 1.29 is 4.79 Å².